The van der Waals surface area contributed by atoms with Gasteiger partial charge in [0, 0.05) is 13.1 Å². The molecule has 28 heavy (non-hydrogen) atoms. The quantitative estimate of drug-likeness (QED) is 0.714. The Morgan fingerprint density at radius 1 is 0.893 bits per heavy atom. The number of rotatable bonds is 6. The van der Waals surface area contributed by atoms with Gasteiger partial charge in [0.2, 0.25) is 10.0 Å². The minimum atomic E-state index is -3.61. The van der Waals surface area contributed by atoms with E-state index in [4.69, 9.17) is 4.74 Å². The second-order valence-electron chi connectivity index (χ2n) is 6.82. The molecule has 0 N–H and O–H groups in total. The number of benzene rings is 2. The van der Waals surface area contributed by atoms with E-state index in [1.165, 1.54) is 23.5 Å². The van der Waals surface area contributed by atoms with Crippen LogP contribution in [-0.2, 0) is 26.3 Å². The zero-order chi connectivity index (χ0) is 20.4. The predicted molar refractivity (Wildman–Crippen MR) is 108 cm³/mol. The number of methoxy groups -OCH3 is 1. The lowest BCUT2D eigenvalue weighted by Gasteiger charge is -2.31. The van der Waals surface area contributed by atoms with Gasteiger partial charge >= 0.3 is 0 Å². The molecule has 1 aliphatic heterocycles. The molecule has 1 heterocycles. The number of sulfonamides is 1. The Labute approximate surface area is 167 Å². The van der Waals surface area contributed by atoms with Crippen molar-refractivity contribution in [3.63, 3.8) is 0 Å². The van der Waals surface area contributed by atoms with Crippen LogP contribution in [0.15, 0.2) is 58.3 Å². The number of sulfone groups is 1. The second kappa shape index (κ2) is 8.23. The molecule has 0 aliphatic carbocycles. The van der Waals surface area contributed by atoms with Gasteiger partial charge < -0.3 is 4.74 Å². The monoisotopic (exact) mass is 423 g/mol. The second-order valence-corrected chi connectivity index (χ2v) is 11.0. The van der Waals surface area contributed by atoms with Crippen molar-refractivity contribution in [2.75, 3.05) is 20.2 Å². The fraction of sp³-hybridized carbons (Fsp3) is 0.400. The zero-order valence-electron chi connectivity index (χ0n) is 16.0. The Kier molecular flexibility index (Phi) is 6.12. The van der Waals surface area contributed by atoms with E-state index in [1.54, 1.807) is 24.3 Å². The van der Waals surface area contributed by atoms with Gasteiger partial charge in [-0.1, -0.05) is 19.1 Å². The Morgan fingerprint density at radius 2 is 1.43 bits per heavy atom. The lowest BCUT2D eigenvalue weighted by Crippen LogP contribution is -2.42. The van der Waals surface area contributed by atoms with Crippen molar-refractivity contribution >= 4 is 19.9 Å². The van der Waals surface area contributed by atoms with Gasteiger partial charge in [0.15, 0.2) is 9.84 Å². The number of hydrogen-bond donors (Lipinski definition) is 0. The highest BCUT2D eigenvalue weighted by Gasteiger charge is 2.35. The molecule has 0 saturated carbocycles. The van der Waals surface area contributed by atoms with E-state index in [0.717, 1.165) is 12.0 Å². The van der Waals surface area contributed by atoms with Crippen molar-refractivity contribution in [1.29, 1.82) is 0 Å². The molecular formula is C20H25NO5S2. The average Bonchev–Trinajstić information content (AvgIpc) is 2.74. The van der Waals surface area contributed by atoms with E-state index < -0.39 is 25.1 Å². The van der Waals surface area contributed by atoms with Crippen molar-refractivity contribution in [2.45, 2.75) is 41.2 Å². The van der Waals surface area contributed by atoms with Crippen molar-refractivity contribution in [3.8, 4) is 5.75 Å². The fourth-order valence-electron chi connectivity index (χ4n) is 3.39. The van der Waals surface area contributed by atoms with E-state index in [-0.39, 0.29) is 35.7 Å². The summed E-state index contributed by atoms with van der Waals surface area (Å²) >= 11 is 0. The maximum atomic E-state index is 12.9. The maximum Gasteiger partial charge on any atom is 0.243 e. The van der Waals surface area contributed by atoms with Crippen LogP contribution in [0.1, 0.15) is 25.3 Å². The van der Waals surface area contributed by atoms with Crippen LogP contribution in [0.25, 0.3) is 0 Å². The summed E-state index contributed by atoms with van der Waals surface area (Å²) < 4.78 is 57.9. The topological polar surface area (TPSA) is 80.8 Å². The Bertz CT molecular complexity index is 920. The molecule has 2 aromatic rings. The zero-order valence-corrected chi connectivity index (χ0v) is 17.7. The first kappa shape index (κ1) is 20.8. The molecule has 0 bridgehead atoms. The van der Waals surface area contributed by atoms with Crippen LogP contribution in [0, 0.1) is 0 Å². The van der Waals surface area contributed by atoms with Crippen LogP contribution in [0.5, 0.6) is 5.75 Å². The van der Waals surface area contributed by atoms with Gasteiger partial charge in [0.1, 0.15) is 5.75 Å². The van der Waals surface area contributed by atoms with Gasteiger partial charge in [-0.25, -0.2) is 16.8 Å². The molecule has 0 unspecified atom stereocenters. The summed E-state index contributed by atoms with van der Waals surface area (Å²) in [4.78, 5) is 0.492. The summed E-state index contributed by atoms with van der Waals surface area (Å²) in [7, 11) is -5.59. The largest absolute Gasteiger partial charge is 0.497 e. The van der Waals surface area contributed by atoms with Gasteiger partial charge in [-0.15, -0.1) is 0 Å². The van der Waals surface area contributed by atoms with Crippen LogP contribution in [-0.4, -0.2) is 46.6 Å². The van der Waals surface area contributed by atoms with E-state index in [1.807, 2.05) is 19.1 Å². The van der Waals surface area contributed by atoms with Crippen molar-refractivity contribution in [1.82, 2.24) is 4.31 Å². The minimum Gasteiger partial charge on any atom is -0.497 e. The summed E-state index contributed by atoms with van der Waals surface area (Å²) in [5.41, 5.74) is 1.07. The fourth-order valence-corrected chi connectivity index (χ4v) is 6.59. The van der Waals surface area contributed by atoms with Crippen LogP contribution in [0.2, 0.25) is 0 Å². The smallest absolute Gasteiger partial charge is 0.243 e. The maximum absolute atomic E-state index is 12.9. The summed E-state index contributed by atoms with van der Waals surface area (Å²) in [5, 5.41) is -0.588. The first-order valence-electron chi connectivity index (χ1n) is 9.26. The van der Waals surface area contributed by atoms with Crippen molar-refractivity contribution in [3.05, 3.63) is 54.1 Å². The summed E-state index contributed by atoms with van der Waals surface area (Å²) in [5.74, 6) is 0.592. The predicted octanol–water partition coefficient (Wildman–Crippen LogP) is 2.88. The lowest BCUT2D eigenvalue weighted by atomic mass is 10.2. The number of ether oxygens (including phenoxy) is 1. The number of hydrogen-bond acceptors (Lipinski definition) is 5. The molecule has 8 heteroatoms. The molecule has 0 aromatic heterocycles. The first-order chi connectivity index (χ1) is 13.3. The van der Waals surface area contributed by atoms with Gasteiger partial charge in [-0.2, -0.15) is 4.31 Å². The Morgan fingerprint density at radius 3 is 1.93 bits per heavy atom. The summed E-state index contributed by atoms with van der Waals surface area (Å²) in [6.07, 6.45) is 1.40. The summed E-state index contributed by atoms with van der Waals surface area (Å²) in [6, 6.07) is 13.2. The molecule has 1 fully saturated rings. The number of nitrogens with zero attached hydrogens (tertiary/aromatic N) is 1. The molecule has 1 saturated heterocycles. The number of piperidine rings is 1. The summed E-state index contributed by atoms with van der Waals surface area (Å²) in [6.45, 7) is 2.40. The number of aryl methyl sites for hydroxylation is 1. The van der Waals surface area contributed by atoms with Crippen LogP contribution in [0.4, 0.5) is 0 Å². The average molecular weight is 424 g/mol. The third kappa shape index (κ3) is 4.09. The third-order valence-corrected chi connectivity index (χ3v) is 9.39. The molecule has 0 radical (unpaired) electrons. The highest BCUT2D eigenvalue weighted by molar-refractivity contribution is 7.92. The molecule has 152 valence electrons. The molecule has 0 amide bonds. The normalized spacial score (nSPS) is 16.8. The highest BCUT2D eigenvalue weighted by Crippen LogP contribution is 2.28. The van der Waals surface area contributed by atoms with Crippen molar-refractivity contribution < 1.29 is 21.6 Å². The Balaban J connectivity index is 1.72. The molecule has 6 nitrogen and oxygen atoms in total. The van der Waals surface area contributed by atoms with Gasteiger partial charge in [-0.05, 0) is 61.2 Å². The van der Waals surface area contributed by atoms with Gasteiger partial charge in [0.25, 0.3) is 0 Å². The highest BCUT2D eigenvalue weighted by atomic mass is 32.2. The molecule has 0 spiro atoms. The van der Waals surface area contributed by atoms with Crippen molar-refractivity contribution in [2.24, 2.45) is 0 Å². The molecular weight excluding hydrogens is 398 g/mol. The van der Waals surface area contributed by atoms with E-state index in [0.29, 0.717) is 5.75 Å². The minimum absolute atomic E-state index is 0.192. The standard InChI is InChI=1S/C20H25NO5S2/c1-3-16-4-8-20(9-5-16)28(24,25)21-14-12-19(13-15-21)27(22,23)18-10-6-17(26-2)7-11-18/h4-11,19H,3,12-15H2,1-2H3. The molecule has 3 rings (SSSR count). The van der Waals surface area contributed by atoms with Crippen LogP contribution in [0.3, 0.4) is 0 Å². The van der Waals surface area contributed by atoms with Crippen LogP contribution >= 0.6 is 0 Å². The van der Waals surface area contributed by atoms with Crippen LogP contribution < -0.4 is 4.74 Å². The lowest BCUT2D eigenvalue weighted by molar-refractivity contribution is 0.345. The third-order valence-electron chi connectivity index (χ3n) is 5.20. The Hall–Kier alpha value is -1.90. The SMILES string of the molecule is CCc1ccc(S(=O)(=O)N2CCC(S(=O)(=O)c3ccc(OC)cc3)CC2)cc1. The van der Waals surface area contributed by atoms with E-state index in [2.05, 4.69) is 0 Å². The molecule has 2 aromatic carbocycles. The van der Waals surface area contributed by atoms with E-state index >= 15 is 0 Å². The molecule has 1 aliphatic rings. The van der Waals surface area contributed by atoms with E-state index in [9.17, 15) is 16.8 Å². The van der Waals surface area contributed by atoms with Gasteiger partial charge in [-0.3, -0.25) is 0 Å². The van der Waals surface area contributed by atoms with Gasteiger partial charge in [0.05, 0.1) is 22.2 Å². The molecule has 0 atom stereocenters. The first-order valence-corrected chi connectivity index (χ1v) is 12.2.